The van der Waals surface area contributed by atoms with Gasteiger partial charge in [0, 0.05) is 30.4 Å². The highest BCUT2D eigenvalue weighted by molar-refractivity contribution is 5.74. The van der Waals surface area contributed by atoms with E-state index in [-0.39, 0.29) is 0 Å². The molecule has 0 amide bonds. The summed E-state index contributed by atoms with van der Waals surface area (Å²) in [6.45, 7) is 6.57. The minimum Gasteiger partial charge on any atom is -0.298 e. The second kappa shape index (κ2) is 11.5. The summed E-state index contributed by atoms with van der Waals surface area (Å²) in [6, 6.07) is 18.3. The van der Waals surface area contributed by atoms with E-state index < -0.39 is 0 Å². The molecule has 0 aliphatic rings. The summed E-state index contributed by atoms with van der Waals surface area (Å²) in [4.78, 5) is 20.7. The summed E-state index contributed by atoms with van der Waals surface area (Å²) in [6.07, 6.45) is 7.39. The van der Waals surface area contributed by atoms with Crippen molar-refractivity contribution in [1.82, 2.24) is 9.97 Å². The summed E-state index contributed by atoms with van der Waals surface area (Å²) in [7, 11) is 0. The third-order valence-corrected chi connectivity index (χ3v) is 2.30. The van der Waals surface area contributed by atoms with Gasteiger partial charge < -0.3 is 0 Å². The van der Waals surface area contributed by atoms with Crippen LogP contribution in [0.5, 0.6) is 0 Å². The number of nitrogens with zero attached hydrogens (tertiary/aromatic N) is 3. The van der Waals surface area contributed by atoms with Crippen LogP contribution in [0.25, 0.3) is 4.85 Å². The van der Waals surface area contributed by atoms with Crippen LogP contribution in [0.2, 0.25) is 0 Å². The molecule has 3 aromatic rings. The summed E-state index contributed by atoms with van der Waals surface area (Å²) < 4.78 is 0. The van der Waals surface area contributed by atoms with Crippen molar-refractivity contribution >= 4 is 12.0 Å². The molecule has 2 aromatic carbocycles. The summed E-state index contributed by atoms with van der Waals surface area (Å²) in [5.41, 5.74) is 1.43. The van der Waals surface area contributed by atoms with Crippen molar-refractivity contribution in [1.29, 1.82) is 0 Å². The first-order valence-corrected chi connectivity index (χ1v) is 6.49. The Morgan fingerprint density at radius 3 is 1.50 bits per heavy atom. The Labute approximate surface area is 129 Å². The van der Waals surface area contributed by atoms with Gasteiger partial charge >= 0.3 is 0 Å². The van der Waals surface area contributed by atoms with Crippen LogP contribution in [0.3, 0.4) is 0 Å². The van der Waals surface area contributed by atoms with E-state index in [1.165, 1.54) is 0 Å². The first-order valence-electron chi connectivity index (χ1n) is 6.49. The fourth-order valence-corrected chi connectivity index (χ4v) is 1.29. The van der Waals surface area contributed by atoms with Gasteiger partial charge in [0.15, 0.2) is 5.69 Å². The third-order valence-electron chi connectivity index (χ3n) is 2.30. The molecule has 22 heavy (non-hydrogen) atoms. The summed E-state index contributed by atoms with van der Waals surface area (Å²) in [5, 5.41) is 0. The molecule has 0 aliphatic carbocycles. The molecule has 0 fully saturated rings. The highest BCUT2D eigenvalue weighted by atomic mass is 16.1. The van der Waals surface area contributed by atoms with E-state index in [2.05, 4.69) is 14.8 Å². The quantitative estimate of drug-likeness (QED) is 0.498. The van der Waals surface area contributed by atoms with E-state index >= 15 is 0 Å². The molecule has 0 unspecified atom stereocenters. The van der Waals surface area contributed by atoms with Crippen LogP contribution >= 0.6 is 0 Å². The van der Waals surface area contributed by atoms with Crippen LogP contribution < -0.4 is 0 Å². The van der Waals surface area contributed by atoms with Crippen molar-refractivity contribution in [3.63, 3.8) is 0 Å². The zero-order valence-electron chi connectivity index (χ0n) is 11.9. The van der Waals surface area contributed by atoms with Gasteiger partial charge in [0.2, 0.25) is 0 Å². The number of hydrogen-bond donors (Lipinski definition) is 0. The number of aldehydes is 1. The number of rotatable bonds is 1. The second-order valence-electron chi connectivity index (χ2n) is 3.87. The molecule has 0 bridgehead atoms. The lowest BCUT2D eigenvalue weighted by Crippen LogP contribution is -1.73. The van der Waals surface area contributed by atoms with Crippen LogP contribution in [0.15, 0.2) is 85.5 Å². The van der Waals surface area contributed by atoms with Crippen LogP contribution in [-0.4, -0.2) is 16.3 Å². The fraction of sp³-hybridized carbons (Fsp3) is 0. The van der Waals surface area contributed by atoms with Crippen LogP contribution in [-0.2, 0) is 0 Å². The first-order chi connectivity index (χ1) is 10.9. The van der Waals surface area contributed by atoms with E-state index in [0.717, 1.165) is 11.8 Å². The molecule has 0 N–H and O–H groups in total. The average molecular weight is 289 g/mol. The van der Waals surface area contributed by atoms with Gasteiger partial charge in [0.05, 0.1) is 6.57 Å². The van der Waals surface area contributed by atoms with Crippen molar-refractivity contribution in [3.8, 4) is 0 Å². The van der Waals surface area contributed by atoms with Gasteiger partial charge in [-0.25, -0.2) is 4.85 Å². The Kier molecular flexibility index (Phi) is 8.75. The molecule has 0 atom stereocenters. The molecule has 0 saturated heterocycles. The van der Waals surface area contributed by atoms with E-state index in [4.69, 9.17) is 6.57 Å². The average Bonchev–Trinajstić information content (AvgIpc) is 2.65. The molecule has 1 aromatic heterocycles. The molecule has 3 rings (SSSR count). The lowest BCUT2D eigenvalue weighted by Gasteiger charge is -1.81. The minimum absolute atomic E-state index is 0.701. The number of carbonyl (C=O) groups is 1. The largest absolute Gasteiger partial charge is 0.298 e. The SMILES string of the molecule is O=Cc1ccccc1.[C-]#[N+]c1ccccc1.c1cnccn1. The predicted octanol–water partition coefficient (Wildman–Crippen LogP) is 4.21. The first kappa shape index (κ1) is 16.7. The number of benzene rings is 2. The summed E-state index contributed by atoms with van der Waals surface area (Å²) in [5.74, 6) is 0. The highest BCUT2D eigenvalue weighted by Crippen LogP contribution is 2.07. The highest BCUT2D eigenvalue weighted by Gasteiger charge is 1.80. The van der Waals surface area contributed by atoms with Crippen molar-refractivity contribution < 1.29 is 4.79 Å². The maximum Gasteiger partial charge on any atom is 0.187 e. The molecule has 0 saturated carbocycles. The number of aromatic nitrogens is 2. The normalized spacial score (nSPS) is 8.14. The van der Waals surface area contributed by atoms with Gasteiger partial charge in [0.25, 0.3) is 0 Å². The van der Waals surface area contributed by atoms with Gasteiger partial charge in [-0.2, -0.15) is 0 Å². The van der Waals surface area contributed by atoms with Crippen LogP contribution in [0.4, 0.5) is 5.69 Å². The lowest BCUT2D eigenvalue weighted by molar-refractivity contribution is 0.112. The molecule has 1 heterocycles. The van der Waals surface area contributed by atoms with E-state index in [0.29, 0.717) is 5.69 Å². The lowest BCUT2D eigenvalue weighted by atomic mass is 10.2. The maximum atomic E-state index is 10.0. The standard InChI is InChI=1S/C7H5N.C7H6O.C4H4N2/c1-8-7-5-3-2-4-6-7;8-6-7-4-2-1-3-5-7;1-2-6-4-3-5-1/h2-6H;1-6H;1-4H. The van der Waals surface area contributed by atoms with Gasteiger partial charge in [0.1, 0.15) is 6.29 Å². The predicted molar refractivity (Wildman–Crippen MR) is 86.6 cm³/mol. The van der Waals surface area contributed by atoms with Gasteiger partial charge in [-0.3, -0.25) is 14.8 Å². The molecular formula is C18H15N3O. The monoisotopic (exact) mass is 289 g/mol. The summed E-state index contributed by atoms with van der Waals surface area (Å²) >= 11 is 0. The fourth-order valence-electron chi connectivity index (χ4n) is 1.29. The van der Waals surface area contributed by atoms with Crippen molar-refractivity contribution in [2.24, 2.45) is 0 Å². The van der Waals surface area contributed by atoms with Gasteiger partial charge in [-0.1, -0.05) is 60.7 Å². The Balaban J connectivity index is 0.000000167. The van der Waals surface area contributed by atoms with E-state index in [1.54, 1.807) is 49.1 Å². The molecular weight excluding hydrogens is 274 g/mol. The maximum absolute atomic E-state index is 10.0. The number of carbonyl (C=O) groups excluding carboxylic acids is 1. The van der Waals surface area contributed by atoms with Crippen LogP contribution in [0.1, 0.15) is 10.4 Å². The third kappa shape index (κ3) is 7.97. The molecule has 0 spiro atoms. The molecule has 0 aliphatic heterocycles. The van der Waals surface area contributed by atoms with Gasteiger partial charge in [-0.05, 0) is 0 Å². The number of para-hydroxylation sites is 1. The van der Waals surface area contributed by atoms with Crippen molar-refractivity contribution in [2.75, 3.05) is 0 Å². The van der Waals surface area contributed by atoms with E-state index in [9.17, 15) is 4.79 Å². The molecule has 0 radical (unpaired) electrons. The Bertz CT molecular complexity index is 638. The smallest absolute Gasteiger partial charge is 0.187 e. The van der Waals surface area contributed by atoms with Crippen molar-refractivity contribution in [3.05, 3.63) is 102 Å². The zero-order chi connectivity index (χ0) is 15.9. The Morgan fingerprint density at radius 2 is 1.23 bits per heavy atom. The Hall–Kier alpha value is -3.32. The second-order valence-corrected chi connectivity index (χ2v) is 3.87. The molecule has 108 valence electrons. The van der Waals surface area contributed by atoms with Crippen LogP contribution in [0, 0.1) is 6.57 Å². The topological polar surface area (TPSA) is 47.2 Å². The van der Waals surface area contributed by atoms with Gasteiger partial charge in [-0.15, -0.1) is 0 Å². The Morgan fingerprint density at radius 1 is 0.773 bits per heavy atom. The molecule has 4 heteroatoms. The minimum atomic E-state index is 0.701. The van der Waals surface area contributed by atoms with Crippen molar-refractivity contribution in [2.45, 2.75) is 0 Å². The number of hydrogen-bond acceptors (Lipinski definition) is 3. The van der Waals surface area contributed by atoms with E-state index in [1.807, 2.05) is 36.4 Å². The zero-order valence-corrected chi connectivity index (χ0v) is 11.9. The molecule has 4 nitrogen and oxygen atoms in total.